The predicted octanol–water partition coefficient (Wildman–Crippen LogP) is 4.32. The monoisotopic (exact) mass is 426 g/mol. The molecule has 0 atom stereocenters. The standard InChI is InChI=1S/C24H24N2O2.ClH.H2O/c1-28-23(27)26-14-6-13-24(17-18-11-15-25-16-12-18)21-9-4-2-7-19(21)20-8-3-5-10-22(20)24;;/h2-5,7-12,15-16H,6,13-14,17H2,1H3,(H,26,27);1H;1H2. The molecule has 1 aliphatic carbocycles. The highest BCUT2D eigenvalue weighted by molar-refractivity contribution is 5.85. The summed E-state index contributed by atoms with van der Waals surface area (Å²) in [6.07, 6.45) is 6.04. The number of amides is 1. The van der Waals surface area contributed by atoms with E-state index in [4.69, 9.17) is 4.74 Å². The van der Waals surface area contributed by atoms with Crippen LogP contribution in [0.1, 0.15) is 29.5 Å². The van der Waals surface area contributed by atoms with Crippen LogP contribution in [0.5, 0.6) is 0 Å². The van der Waals surface area contributed by atoms with Gasteiger partial charge in [0.2, 0.25) is 0 Å². The fourth-order valence-electron chi connectivity index (χ4n) is 4.47. The van der Waals surface area contributed by atoms with Crippen LogP contribution in [0.15, 0.2) is 73.1 Å². The van der Waals surface area contributed by atoms with Crippen LogP contribution >= 0.6 is 12.4 Å². The van der Waals surface area contributed by atoms with Crippen molar-refractivity contribution in [2.24, 2.45) is 0 Å². The molecule has 0 fully saturated rings. The van der Waals surface area contributed by atoms with Crippen molar-refractivity contribution >= 4 is 18.5 Å². The number of nitrogens with one attached hydrogen (secondary N) is 1. The summed E-state index contributed by atoms with van der Waals surface area (Å²) in [5.74, 6) is 0. The fraction of sp³-hybridized carbons (Fsp3) is 0.250. The van der Waals surface area contributed by atoms with Gasteiger partial charge in [0.15, 0.2) is 0 Å². The van der Waals surface area contributed by atoms with E-state index in [-0.39, 0.29) is 29.4 Å². The van der Waals surface area contributed by atoms with Crippen molar-refractivity contribution in [2.45, 2.75) is 24.7 Å². The van der Waals surface area contributed by atoms with Gasteiger partial charge < -0.3 is 15.5 Å². The first-order chi connectivity index (χ1) is 13.7. The number of aromatic nitrogens is 1. The van der Waals surface area contributed by atoms with Gasteiger partial charge in [0.25, 0.3) is 0 Å². The van der Waals surface area contributed by atoms with Crippen molar-refractivity contribution in [1.82, 2.24) is 10.3 Å². The second-order valence-electron chi connectivity index (χ2n) is 7.23. The molecule has 0 unspecified atom stereocenters. The highest BCUT2D eigenvalue weighted by Crippen LogP contribution is 2.52. The molecule has 30 heavy (non-hydrogen) atoms. The number of methoxy groups -OCH3 is 1. The van der Waals surface area contributed by atoms with E-state index in [9.17, 15) is 4.79 Å². The Morgan fingerprint density at radius 2 is 1.53 bits per heavy atom. The van der Waals surface area contributed by atoms with Crippen molar-refractivity contribution in [2.75, 3.05) is 13.7 Å². The smallest absolute Gasteiger partial charge is 0.406 e. The third kappa shape index (κ3) is 4.32. The van der Waals surface area contributed by atoms with Gasteiger partial charge in [-0.05, 0) is 59.2 Å². The summed E-state index contributed by atoms with van der Waals surface area (Å²) >= 11 is 0. The molecule has 0 radical (unpaired) electrons. The quantitative estimate of drug-likeness (QED) is 0.595. The van der Waals surface area contributed by atoms with Gasteiger partial charge in [-0.15, -0.1) is 12.4 Å². The Morgan fingerprint density at radius 1 is 0.967 bits per heavy atom. The molecule has 0 saturated carbocycles. The molecule has 1 aliphatic rings. The van der Waals surface area contributed by atoms with Crippen molar-refractivity contribution < 1.29 is 15.0 Å². The van der Waals surface area contributed by atoms with Crippen LogP contribution in [-0.4, -0.2) is 30.2 Å². The third-order valence-corrected chi connectivity index (χ3v) is 5.67. The Kier molecular flexibility index (Phi) is 7.98. The molecule has 0 bridgehead atoms. The number of ether oxygens (including phenoxy) is 1. The van der Waals surface area contributed by atoms with Crippen LogP contribution in [0.3, 0.4) is 0 Å². The maximum atomic E-state index is 11.4. The van der Waals surface area contributed by atoms with Crippen LogP contribution in [0, 0.1) is 0 Å². The Balaban J connectivity index is 0.00000160. The summed E-state index contributed by atoms with van der Waals surface area (Å²) in [6, 6.07) is 21.6. The SMILES string of the molecule is COC(=O)NCCCC1(Cc2ccncc2)c2ccccc2-c2ccccc21.Cl.O. The van der Waals surface area contributed by atoms with E-state index in [1.54, 1.807) is 0 Å². The number of rotatable bonds is 6. The fourth-order valence-corrected chi connectivity index (χ4v) is 4.47. The van der Waals surface area contributed by atoms with Crippen LogP contribution in [0.4, 0.5) is 4.79 Å². The molecule has 5 nitrogen and oxygen atoms in total. The minimum Gasteiger partial charge on any atom is -0.453 e. The molecule has 2 aromatic carbocycles. The lowest BCUT2D eigenvalue weighted by atomic mass is 9.70. The second-order valence-corrected chi connectivity index (χ2v) is 7.23. The average Bonchev–Trinajstić information content (AvgIpc) is 3.02. The molecule has 1 aromatic heterocycles. The maximum Gasteiger partial charge on any atom is 0.406 e. The van der Waals surface area contributed by atoms with Gasteiger partial charge in [-0.1, -0.05) is 48.5 Å². The number of hydrogen-bond acceptors (Lipinski definition) is 3. The van der Waals surface area contributed by atoms with E-state index in [0.717, 1.165) is 19.3 Å². The van der Waals surface area contributed by atoms with Crippen molar-refractivity contribution in [3.05, 3.63) is 89.7 Å². The van der Waals surface area contributed by atoms with Crippen LogP contribution in [0.25, 0.3) is 11.1 Å². The summed E-state index contributed by atoms with van der Waals surface area (Å²) < 4.78 is 4.70. The van der Waals surface area contributed by atoms with E-state index in [1.165, 1.54) is 34.9 Å². The second kappa shape index (κ2) is 10.2. The van der Waals surface area contributed by atoms with Crippen molar-refractivity contribution in [3.63, 3.8) is 0 Å². The van der Waals surface area contributed by atoms with E-state index in [1.807, 2.05) is 12.4 Å². The van der Waals surface area contributed by atoms with E-state index in [2.05, 4.69) is 71.0 Å². The predicted molar refractivity (Wildman–Crippen MR) is 121 cm³/mol. The molecule has 0 saturated heterocycles. The lowest BCUT2D eigenvalue weighted by Gasteiger charge is -2.32. The molecule has 3 aromatic rings. The number of halogens is 1. The first-order valence-corrected chi connectivity index (χ1v) is 9.65. The lowest BCUT2D eigenvalue weighted by Crippen LogP contribution is -2.31. The van der Waals surface area contributed by atoms with Crippen LogP contribution < -0.4 is 5.32 Å². The number of fused-ring (bicyclic) bond motifs is 3. The largest absolute Gasteiger partial charge is 0.453 e. The zero-order chi connectivity index (χ0) is 19.4. The van der Waals surface area contributed by atoms with Gasteiger partial charge in [-0.25, -0.2) is 4.79 Å². The molecule has 6 heteroatoms. The Hall–Kier alpha value is -2.89. The molecule has 158 valence electrons. The van der Waals surface area contributed by atoms with E-state index in [0.29, 0.717) is 6.54 Å². The zero-order valence-electron chi connectivity index (χ0n) is 16.9. The summed E-state index contributed by atoms with van der Waals surface area (Å²) in [5.41, 5.74) is 6.51. The number of carbonyl (C=O) groups is 1. The zero-order valence-corrected chi connectivity index (χ0v) is 17.7. The number of carbonyl (C=O) groups excluding carboxylic acids is 1. The van der Waals surface area contributed by atoms with E-state index >= 15 is 0 Å². The molecule has 0 spiro atoms. The number of pyridine rings is 1. The topological polar surface area (TPSA) is 82.7 Å². The molecular weight excluding hydrogens is 400 g/mol. The minimum atomic E-state index is -0.379. The Morgan fingerprint density at radius 3 is 2.10 bits per heavy atom. The van der Waals surface area contributed by atoms with Gasteiger partial charge >= 0.3 is 6.09 Å². The van der Waals surface area contributed by atoms with Crippen molar-refractivity contribution in [3.8, 4) is 11.1 Å². The van der Waals surface area contributed by atoms with E-state index < -0.39 is 0 Å². The third-order valence-electron chi connectivity index (χ3n) is 5.67. The maximum absolute atomic E-state index is 11.4. The highest BCUT2D eigenvalue weighted by atomic mass is 35.5. The first-order valence-electron chi connectivity index (χ1n) is 9.65. The first kappa shape index (κ1) is 23.4. The molecule has 0 aliphatic heterocycles. The molecular formula is C24H27ClN2O3. The molecule has 3 N–H and O–H groups in total. The molecule has 4 rings (SSSR count). The molecule has 1 heterocycles. The summed E-state index contributed by atoms with van der Waals surface area (Å²) in [5, 5.41) is 2.81. The van der Waals surface area contributed by atoms with Crippen LogP contribution in [0.2, 0.25) is 0 Å². The summed E-state index contributed by atoms with van der Waals surface area (Å²) in [4.78, 5) is 15.6. The summed E-state index contributed by atoms with van der Waals surface area (Å²) in [7, 11) is 1.39. The Labute approximate surface area is 183 Å². The molecule has 1 amide bonds. The lowest BCUT2D eigenvalue weighted by molar-refractivity contribution is 0.170. The Bertz CT molecular complexity index is 933. The average molecular weight is 427 g/mol. The van der Waals surface area contributed by atoms with Crippen LogP contribution in [-0.2, 0) is 16.6 Å². The number of benzene rings is 2. The number of nitrogens with zero attached hydrogens (tertiary/aromatic N) is 1. The number of alkyl carbamates (subject to hydrolysis) is 1. The van der Waals surface area contributed by atoms with Gasteiger partial charge in [0, 0.05) is 24.4 Å². The summed E-state index contributed by atoms with van der Waals surface area (Å²) in [6.45, 7) is 0.592. The van der Waals surface area contributed by atoms with Gasteiger partial charge in [-0.2, -0.15) is 0 Å². The number of hydrogen-bond donors (Lipinski definition) is 1. The van der Waals surface area contributed by atoms with Gasteiger partial charge in [0.05, 0.1) is 7.11 Å². The van der Waals surface area contributed by atoms with Gasteiger partial charge in [0.1, 0.15) is 0 Å². The highest BCUT2D eigenvalue weighted by Gasteiger charge is 2.42. The minimum absolute atomic E-state index is 0. The normalized spacial score (nSPS) is 12.6. The van der Waals surface area contributed by atoms with Crippen molar-refractivity contribution in [1.29, 1.82) is 0 Å². The van der Waals surface area contributed by atoms with Gasteiger partial charge in [-0.3, -0.25) is 4.98 Å².